The molecule has 1 saturated heterocycles. The maximum atomic E-state index is 12.9. The Labute approximate surface area is 184 Å². The number of nitrogens with zero attached hydrogens (tertiary/aromatic N) is 3. The van der Waals surface area contributed by atoms with Crippen molar-refractivity contribution in [3.8, 4) is 0 Å². The molecule has 0 radical (unpaired) electrons. The summed E-state index contributed by atoms with van der Waals surface area (Å²) in [7, 11) is 2.12. The van der Waals surface area contributed by atoms with Gasteiger partial charge in [-0.1, -0.05) is 32.0 Å². The molecule has 3 rings (SSSR count). The molecule has 166 valence electrons. The molecule has 0 spiro atoms. The van der Waals surface area contributed by atoms with Gasteiger partial charge in [-0.15, -0.1) is 0 Å². The first-order valence-corrected chi connectivity index (χ1v) is 10.9. The molecule has 2 amide bonds. The van der Waals surface area contributed by atoms with Crippen molar-refractivity contribution < 1.29 is 9.59 Å². The van der Waals surface area contributed by atoms with Gasteiger partial charge in [0.05, 0.1) is 0 Å². The Hall–Kier alpha value is -2.93. The fourth-order valence-electron chi connectivity index (χ4n) is 3.66. The zero-order valence-corrected chi connectivity index (χ0v) is 18.9. The number of benzene rings is 1. The summed E-state index contributed by atoms with van der Waals surface area (Å²) in [4.78, 5) is 34.6. The van der Waals surface area contributed by atoms with Crippen LogP contribution in [0.2, 0.25) is 0 Å². The lowest BCUT2D eigenvalue weighted by Gasteiger charge is -2.33. The largest absolute Gasteiger partial charge is 0.354 e. The number of piperazine rings is 1. The summed E-state index contributed by atoms with van der Waals surface area (Å²) in [6.45, 7) is 10.1. The molecule has 1 aliphatic rings. The Morgan fingerprint density at radius 3 is 2.48 bits per heavy atom. The number of likely N-dealkylation sites (N-methyl/N-ethyl adjacent to an activating group) is 1. The Morgan fingerprint density at radius 1 is 1.10 bits per heavy atom. The molecule has 2 aromatic rings. The van der Waals surface area contributed by atoms with E-state index in [1.54, 1.807) is 12.3 Å². The molecule has 2 N–H and O–H groups in total. The number of carbonyl (C=O) groups is 2. The third kappa shape index (κ3) is 6.04. The van der Waals surface area contributed by atoms with Crippen LogP contribution in [0.1, 0.15) is 35.3 Å². The molecule has 1 unspecified atom stereocenters. The minimum atomic E-state index is -0.606. The third-order valence-electron chi connectivity index (χ3n) is 5.73. The molecule has 1 fully saturated rings. The van der Waals surface area contributed by atoms with Crippen LogP contribution in [-0.2, 0) is 11.3 Å². The number of anilines is 1. The summed E-state index contributed by atoms with van der Waals surface area (Å²) in [6.07, 6.45) is 1.79. The van der Waals surface area contributed by atoms with E-state index < -0.39 is 6.04 Å². The van der Waals surface area contributed by atoms with Gasteiger partial charge in [-0.25, -0.2) is 4.98 Å². The molecule has 0 bridgehead atoms. The number of aryl methyl sites for hydroxylation is 1. The molecule has 7 heteroatoms. The number of rotatable bonds is 7. The molecule has 0 aliphatic carbocycles. The standard InChI is InChI=1S/C24H33N5O2/c1-17(2)22(27-23(30)20-8-6-5-7-18(20)3)24(31)26-16-19-9-10-25-21(15-19)29-13-11-28(4)12-14-29/h5-10,15,17,22H,11-14,16H2,1-4H3,(H,26,31)(H,27,30). The van der Waals surface area contributed by atoms with Crippen molar-refractivity contribution in [3.05, 3.63) is 59.3 Å². The van der Waals surface area contributed by atoms with Crippen molar-refractivity contribution in [2.75, 3.05) is 38.1 Å². The van der Waals surface area contributed by atoms with Crippen LogP contribution in [0.4, 0.5) is 5.82 Å². The van der Waals surface area contributed by atoms with Crippen LogP contribution in [0.5, 0.6) is 0 Å². The van der Waals surface area contributed by atoms with Crippen LogP contribution < -0.4 is 15.5 Å². The first-order chi connectivity index (χ1) is 14.8. The minimum Gasteiger partial charge on any atom is -0.354 e. The highest BCUT2D eigenvalue weighted by Gasteiger charge is 2.25. The Morgan fingerprint density at radius 2 is 1.81 bits per heavy atom. The van der Waals surface area contributed by atoms with Crippen LogP contribution in [0.3, 0.4) is 0 Å². The number of hydrogen-bond donors (Lipinski definition) is 2. The van der Waals surface area contributed by atoms with Crippen LogP contribution in [0, 0.1) is 12.8 Å². The summed E-state index contributed by atoms with van der Waals surface area (Å²) in [5, 5.41) is 5.88. The van der Waals surface area contributed by atoms with Crippen molar-refractivity contribution in [2.45, 2.75) is 33.4 Å². The van der Waals surface area contributed by atoms with Gasteiger partial charge in [0.15, 0.2) is 0 Å². The number of carbonyl (C=O) groups excluding carboxylic acids is 2. The van der Waals surface area contributed by atoms with E-state index in [1.165, 1.54) is 0 Å². The Kier molecular flexibility index (Phi) is 7.63. The SMILES string of the molecule is Cc1ccccc1C(=O)NC(C(=O)NCc1ccnc(N2CCN(C)CC2)c1)C(C)C. The van der Waals surface area contributed by atoms with E-state index in [0.29, 0.717) is 12.1 Å². The van der Waals surface area contributed by atoms with Gasteiger partial charge in [0.1, 0.15) is 11.9 Å². The lowest BCUT2D eigenvalue weighted by Crippen LogP contribution is -2.49. The second-order valence-electron chi connectivity index (χ2n) is 8.54. The maximum absolute atomic E-state index is 12.9. The van der Waals surface area contributed by atoms with Gasteiger partial charge in [0.2, 0.25) is 5.91 Å². The molecule has 31 heavy (non-hydrogen) atoms. The van der Waals surface area contributed by atoms with E-state index in [2.05, 4.69) is 32.5 Å². The van der Waals surface area contributed by atoms with Crippen molar-refractivity contribution in [2.24, 2.45) is 5.92 Å². The zero-order chi connectivity index (χ0) is 22.4. The van der Waals surface area contributed by atoms with E-state index in [1.807, 2.05) is 51.1 Å². The number of hydrogen-bond acceptors (Lipinski definition) is 5. The van der Waals surface area contributed by atoms with E-state index in [0.717, 1.165) is 43.1 Å². The highest BCUT2D eigenvalue weighted by molar-refractivity contribution is 5.98. The summed E-state index contributed by atoms with van der Waals surface area (Å²) >= 11 is 0. The molecule has 1 aromatic carbocycles. The van der Waals surface area contributed by atoms with Gasteiger partial charge in [-0.2, -0.15) is 0 Å². The second-order valence-corrected chi connectivity index (χ2v) is 8.54. The predicted octanol–water partition coefficient (Wildman–Crippen LogP) is 2.21. The monoisotopic (exact) mass is 423 g/mol. The van der Waals surface area contributed by atoms with Crippen LogP contribution in [-0.4, -0.2) is 61.0 Å². The Bertz CT molecular complexity index is 906. The van der Waals surface area contributed by atoms with E-state index in [4.69, 9.17) is 0 Å². The molecular formula is C24H33N5O2. The molecule has 1 aliphatic heterocycles. The molecule has 7 nitrogen and oxygen atoms in total. The van der Waals surface area contributed by atoms with Crippen molar-refractivity contribution in [1.29, 1.82) is 0 Å². The quantitative estimate of drug-likeness (QED) is 0.714. The van der Waals surface area contributed by atoms with Gasteiger partial charge in [0, 0.05) is 44.5 Å². The lowest BCUT2D eigenvalue weighted by atomic mass is 10.0. The summed E-state index contributed by atoms with van der Waals surface area (Å²) in [5.41, 5.74) is 2.47. The van der Waals surface area contributed by atoms with Gasteiger partial charge in [-0.05, 0) is 49.2 Å². The van der Waals surface area contributed by atoms with Crippen molar-refractivity contribution >= 4 is 17.6 Å². The predicted molar refractivity (Wildman–Crippen MR) is 123 cm³/mol. The van der Waals surface area contributed by atoms with Gasteiger partial charge >= 0.3 is 0 Å². The topological polar surface area (TPSA) is 77.6 Å². The first-order valence-electron chi connectivity index (χ1n) is 10.9. The van der Waals surface area contributed by atoms with Crippen LogP contribution in [0.15, 0.2) is 42.6 Å². The van der Waals surface area contributed by atoms with Crippen molar-refractivity contribution in [1.82, 2.24) is 20.5 Å². The Balaban J connectivity index is 1.61. The molecule has 1 atom stereocenters. The fraction of sp³-hybridized carbons (Fsp3) is 0.458. The van der Waals surface area contributed by atoms with Gasteiger partial charge < -0.3 is 20.4 Å². The zero-order valence-electron chi connectivity index (χ0n) is 18.9. The van der Waals surface area contributed by atoms with Crippen LogP contribution in [0.25, 0.3) is 0 Å². The highest BCUT2D eigenvalue weighted by Crippen LogP contribution is 2.15. The van der Waals surface area contributed by atoms with Gasteiger partial charge in [0.25, 0.3) is 5.91 Å². The van der Waals surface area contributed by atoms with E-state index in [9.17, 15) is 9.59 Å². The molecule has 2 heterocycles. The average Bonchev–Trinajstić information content (AvgIpc) is 2.76. The van der Waals surface area contributed by atoms with Gasteiger partial charge in [-0.3, -0.25) is 9.59 Å². The highest BCUT2D eigenvalue weighted by atomic mass is 16.2. The lowest BCUT2D eigenvalue weighted by molar-refractivity contribution is -0.124. The maximum Gasteiger partial charge on any atom is 0.252 e. The fourth-order valence-corrected chi connectivity index (χ4v) is 3.66. The number of amides is 2. The molecular weight excluding hydrogens is 390 g/mol. The normalized spacial score (nSPS) is 15.6. The number of nitrogens with one attached hydrogen (secondary N) is 2. The average molecular weight is 424 g/mol. The molecule has 0 saturated carbocycles. The smallest absolute Gasteiger partial charge is 0.252 e. The van der Waals surface area contributed by atoms with E-state index in [-0.39, 0.29) is 17.7 Å². The van der Waals surface area contributed by atoms with E-state index >= 15 is 0 Å². The number of pyridine rings is 1. The third-order valence-corrected chi connectivity index (χ3v) is 5.73. The minimum absolute atomic E-state index is 0.0358. The van der Waals surface area contributed by atoms with Crippen LogP contribution >= 0.6 is 0 Å². The summed E-state index contributed by atoms with van der Waals surface area (Å²) in [5.74, 6) is 0.488. The summed E-state index contributed by atoms with van der Waals surface area (Å²) < 4.78 is 0. The number of aromatic nitrogens is 1. The molecule has 1 aromatic heterocycles. The first kappa shape index (κ1) is 22.7. The summed E-state index contributed by atoms with van der Waals surface area (Å²) in [6, 6.07) is 10.7. The van der Waals surface area contributed by atoms with Crippen molar-refractivity contribution in [3.63, 3.8) is 0 Å². The second kappa shape index (κ2) is 10.4.